The maximum atomic E-state index is 11.3. The first-order valence-corrected chi connectivity index (χ1v) is 6.61. The number of nitrogens with zero attached hydrogens (tertiary/aromatic N) is 1. The summed E-state index contributed by atoms with van der Waals surface area (Å²) in [6.45, 7) is 0.765. The molecule has 0 bridgehead atoms. The molecule has 2 rings (SSSR count). The molecular formula is C11H16BrN3O2. The quantitative estimate of drug-likeness (QED) is 0.790. The Kier molecular flexibility index (Phi) is 4.17. The van der Waals surface area contributed by atoms with Gasteiger partial charge in [0, 0.05) is 6.54 Å². The van der Waals surface area contributed by atoms with Crippen molar-refractivity contribution in [3.63, 3.8) is 0 Å². The lowest BCUT2D eigenvalue weighted by molar-refractivity contribution is 0.105. The maximum Gasteiger partial charge on any atom is 0.280 e. The molecule has 2 unspecified atom stereocenters. The van der Waals surface area contributed by atoms with E-state index < -0.39 is 0 Å². The Hall–Kier alpha value is -0.880. The lowest BCUT2D eigenvalue weighted by atomic mass is 9.87. The molecule has 0 saturated heterocycles. The van der Waals surface area contributed by atoms with Gasteiger partial charge in [-0.15, -0.1) is 0 Å². The van der Waals surface area contributed by atoms with Gasteiger partial charge in [0.2, 0.25) is 0 Å². The third kappa shape index (κ3) is 3.29. The van der Waals surface area contributed by atoms with Crippen LogP contribution in [0, 0.1) is 5.92 Å². The van der Waals surface area contributed by atoms with Crippen LogP contribution in [0.15, 0.2) is 15.5 Å². The molecule has 1 aliphatic carbocycles. The van der Waals surface area contributed by atoms with Gasteiger partial charge in [-0.25, -0.2) is 5.10 Å². The summed E-state index contributed by atoms with van der Waals surface area (Å²) in [5, 5.41) is 18.9. The number of aromatic nitrogens is 2. The van der Waals surface area contributed by atoms with E-state index in [1.54, 1.807) is 6.20 Å². The molecule has 1 aromatic heterocycles. The average Bonchev–Trinajstić information content (AvgIpc) is 2.31. The molecule has 17 heavy (non-hydrogen) atoms. The molecule has 5 nitrogen and oxygen atoms in total. The molecule has 6 heteroatoms. The largest absolute Gasteiger partial charge is 0.393 e. The zero-order valence-corrected chi connectivity index (χ0v) is 11.0. The second kappa shape index (κ2) is 5.64. The minimum Gasteiger partial charge on any atom is -0.393 e. The van der Waals surface area contributed by atoms with Gasteiger partial charge in [0.05, 0.1) is 18.0 Å². The lowest BCUT2D eigenvalue weighted by Gasteiger charge is -2.26. The van der Waals surface area contributed by atoms with Crippen LogP contribution in [-0.4, -0.2) is 28.0 Å². The van der Waals surface area contributed by atoms with Crippen molar-refractivity contribution in [1.29, 1.82) is 0 Å². The highest BCUT2D eigenvalue weighted by Gasteiger charge is 2.20. The summed E-state index contributed by atoms with van der Waals surface area (Å²) in [5.74, 6) is 0.463. The summed E-state index contributed by atoms with van der Waals surface area (Å²) in [7, 11) is 0. The number of aliphatic hydroxyl groups is 1. The molecule has 0 spiro atoms. The SMILES string of the molecule is O=c1[nH]ncc(NCC2CCCC(O)C2)c1Br. The lowest BCUT2D eigenvalue weighted by Crippen LogP contribution is -2.25. The van der Waals surface area contributed by atoms with Crippen LogP contribution < -0.4 is 10.9 Å². The molecule has 0 radical (unpaired) electrons. The smallest absolute Gasteiger partial charge is 0.280 e. The van der Waals surface area contributed by atoms with Crippen LogP contribution >= 0.6 is 15.9 Å². The first-order chi connectivity index (χ1) is 8.16. The summed E-state index contributed by atoms with van der Waals surface area (Å²) in [5.41, 5.74) is 0.465. The number of nitrogens with one attached hydrogen (secondary N) is 2. The van der Waals surface area contributed by atoms with Crippen molar-refractivity contribution < 1.29 is 5.11 Å². The van der Waals surface area contributed by atoms with Crippen molar-refractivity contribution in [2.75, 3.05) is 11.9 Å². The predicted molar refractivity (Wildman–Crippen MR) is 69.0 cm³/mol. The predicted octanol–water partition coefficient (Wildman–Crippen LogP) is 1.50. The summed E-state index contributed by atoms with van der Waals surface area (Å²) in [6, 6.07) is 0. The van der Waals surface area contributed by atoms with E-state index in [9.17, 15) is 9.90 Å². The molecule has 0 aromatic carbocycles. The third-order valence-electron chi connectivity index (χ3n) is 3.13. The van der Waals surface area contributed by atoms with Crippen molar-refractivity contribution >= 4 is 21.6 Å². The normalized spacial score (nSPS) is 24.6. The molecule has 2 atom stereocenters. The highest BCUT2D eigenvalue weighted by Crippen LogP contribution is 2.25. The fourth-order valence-electron chi connectivity index (χ4n) is 2.21. The molecule has 1 heterocycles. The molecule has 1 fully saturated rings. The number of aliphatic hydroxyl groups excluding tert-OH is 1. The number of hydrogen-bond acceptors (Lipinski definition) is 4. The van der Waals surface area contributed by atoms with Gasteiger partial charge >= 0.3 is 0 Å². The van der Waals surface area contributed by atoms with Gasteiger partial charge in [-0.2, -0.15) is 5.10 Å². The standard InChI is InChI=1S/C11H16BrN3O2/c12-10-9(6-14-15-11(10)17)13-5-7-2-1-3-8(16)4-7/h6-8,16H,1-5H2,(H2,13,15,17). The van der Waals surface area contributed by atoms with Gasteiger partial charge in [-0.3, -0.25) is 4.79 Å². The summed E-state index contributed by atoms with van der Waals surface area (Å²) < 4.78 is 0.476. The van der Waals surface area contributed by atoms with Gasteiger partial charge in [0.15, 0.2) is 0 Å². The van der Waals surface area contributed by atoms with Crippen molar-refractivity contribution in [2.45, 2.75) is 31.8 Å². The Morgan fingerprint density at radius 1 is 1.59 bits per heavy atom. The second-order valence-corrected chi connectivity index (χ2v) is 5.29. The fraction of sp³-hybridized carbons (Fsp3) is 0.636. The molecule has 1 aliphatic rings. The van der Waals surface area contributed by atoms with E-state index in [1.165, 1.54) is 0 Å². The summed E-state index contributed by atoms with van der Waals surface area (Å²) in [6.07, 6.45) is 5.36. The van der Waals surface area contributed by atoms with Gasteiger partial charge < -0.3 is 10.4 Å². The van der Waals surface area contributed by atoms with E-state index in [1.807, 2.05) is 0 Å². The van der Waals surface area contributed by atoms with Crippen LogP contribution in [0.3, 0.4) is 0 Å². The van der Waals surface area contributed by atoms with E-state index >= 15 is 0 Å². The number of H-pyrrole nitrogens is 1. The van der Waals surface area contributed by atoms with Crippen LogP contribution in [0.2, 0.25) is 0 Å². The van der Waals surface area contributed by atoms with Crippen molar-refractivity contribution in [1.82, 2.24) is 10.2 Å². The second-order valence-electron chi connectivity index (χ2n) is 4.49. The van der Waals surface area contributed by atoms with E-state index in [0.717, 1.165) is 32.2 Å². The van der Waals surface area contributed by atoms with Gasteiger partial charge in [0.1, 0.15) is 4.47 Å². The number of hydrogen-bond donors (Lipinski definition) is 3. The molecular weight excluding hydrogens is 286 g/mol. The monoisotopic (exact) mass is 301 g/mol. The van der Waals surface area contributed by atoms with Gasteiger partial charge in [0.25, 0.3) is 5.56 Å². The molecule has 1 saturated carbocycles. The topological polar surface area (TPSA) is 78.0 Å². The number of anilines is 1. The van der Waals surface area contributed by atoms with Crippen LogP contribution in [-0.2, 0) is 0 Å². The van der Waals surface area contributed by atoms with Crippen molar-refractivity contribution in [2.24, 2.45) is 5.92 Å². The van der Waals surface area contributed by atoms with Crippen LogP contribution in [0.1, 0.15) is 25.7 Å². The minimum absolute atomic E-state index is 0.170. The van der Waals surface area contributed by atoms with Gasteiger partial charge in [-0.1, -0.05) is 6.42 Å². The van der Waals surface area contributed by atoms with E-state index in [4.69, 9.17) is 0 Å². The Morgan fingerprint density at radius 2 is 2.41 bits per heavy atom. The van der Waals surface area contributed by atoms with Crippen molar-refractivity contribution in [3.05, 3.63) is 21.0 Å². The first-order valence-electron chi connectivity index (χ1n) is 5.82. The average molecular weight is 302 g/mol. The molecule has 1 aromatic rings. The summed E-state index contributed by atoms with van der Waals surface area (Å²) >= 11 is 3.22. The van der Waals surface area contributed by atoms with Crippen molar-refractivity contribution in [3.8, 4) is 0 Å². The number of halogens is 1. The zero-order chi connectivity index (χ0) is 12.3. The maximum absolute atomic E-state index is 11.3. The summed E-state index contributed by atoms with van der Waals surface area (Å²) in [4.78, 5) is 11.3. The Labute approximate surface area is 108 Å². The number of rotatable bonds is 3. The van der Waals surface area contributed by atoms with E-state index in [0.29, 0.717) is 16.1 Å². The first kappa shape index (κ1) is 12.6. The molecule has 3 N–H and O–H groups in total. The van der Waals surface area contributed by atoms with Crippen LogP contribution in [0.5, 0.6) is 0 Å². The Morgan fingerprint density at radius 3 is 3.18 bits per heavy atom. The Bertz CT molecular complexity index is 435. The zero-order valence-electron chi connectivity index (χ0n) is 9.45. The minimum atomic E-state index is -0.237. The molecule has 0 aliphatic heterocycles. The van der Waals surface area contributed by atoms with Crippen LogP contribution in [0.25, 0.3) is 0 Å². The number of aromatic amines is 1. The van der Waals surface area contributed by atoms with E-state index in [-0.39, 0.29) is 11.7 Å². The highest BCUT2D eigenvalue weighted by atomic mass is 79.9. The van der Waals surface area contributed by atoms with E-state index in [2.05, 4.69) is 31.4 Å². The fourth-order valence-corrected chi connectivity index (χ4v) is 2.54. The highest BCUT2D eigenvalue weighted by molar-refractivity contribution is 9.10. The van der Waals surface area contributed by atoms with Crippen LogP contribution in [0.4, 0.5) is 5.69 Å². The molecule has 0 amide bonds. The molecule has 94 valence electrons. The Balaban J connectivity index is 1.93. The third-order valence-corrected chi connectivity index (χ3v) is 3.92. The van der Waals surface area contributed by atoms with Gasteiger partial charge in [-0.05, 0) is 41.1 Å².